The number of carbonyl (C=O) groups is 2. The molecule has 0 fully saturated rings. The first-order chi connectivity index (χ1) is 57.5. The van der Waals surface area contributed by atoms with Gasteiger partial charge >= 0.3 is 84.3 Å². The van der Waals surface area contributed by atoms with Crippen LogP contribution in [0.5, 0.6) is 0 Å². The van der Waals surface area contributed by atoms with E-state index in [0.717, 1.165) is 107 Å². The number of halogens is 4. The average Bonchev–Trinajstić information content (AvgIpc) is 1.60. The molecule has 608 valence electrons. The van der Waals surface area contributed by atoms with Crippen LogP contribution in [0.25, 0.3) is 112 Å². The van der Waals surface area contributed by atoms with Crippen LogP contribution in [0.2, 0.25) is 0 Å². The number of carboxylic acid groups (broad SMARTS) is 2. The van der Waals surface area contributed by atoms with E-state index in [1.807, 2.05) is 229 Å². The number of rotatable bonds is 16. The Balaban J connectivity index is 0.000000158. The number of pyridine rings is 4. The summed E-state index contributed by atoms with van der Waals surface area (Å²) < 4.78 is 59.3. The molecule has 0 aliphatic heterocycles. The van der Waals surface area contributed by atoms with Gasteiger partial charge in [0.25, 0.3) is 11.9 Å². The third-order valence-corrected chi connectivity index (χ3v) is 19.3. The zero-order chi connectivity index (χ0) is 81.8. The number of fused-ring (bicyclic) bond motifs is 2. The molecule has 10 aromatic carbocycles. The maximum atomic E-state index is 14.4. The zero-order valence-corrected chi connectivity index (χ0v) is 74.4. The summed E-state index contributed by atoms with van der Waals surface area (Å²) in [7, 11) is 3.65. The van der Waals surface area contributed by atoms with Crippen LogP contribution in [-0.2, 0) is 124 Å². The maximum Gasteiger partial charge on any atom is 2.00 e. The van der Waals surface area contributed by atoms with Crippen LogP contribution in [0.3, 0.4) is 0 Å². The van der Waals surface area contributed by atoms with Crippen molar-refractivity contribution in [2.24, 2.45) is 14.1 Å². The first-order valence-electron chi connectivity index (χ1n) is 36.4. The molecule has 0 spiro atoms. The van der Waals surface area contributed by atoms with Gasteiger partial charge in [0, 0.05) is 47.0 Å². The van der Waals surface area contributed by atoms with E-state index in [9.17, 15) is 37.4 Å². The minimum atomic E-state index is -1.02. The number of nitrogens with zero attached hydrogens (tertiary/aromatic N) is 12. The van der Waals surface area contributed by atoms with Crippen molar-refractivity contribution < 1.29 is 122 Å². The van der Waals surface area contributed by atoms with E-state index in [1.165, 1.54) is 0 Å². The average molecular weight is 2370 g/mol. The normalized spacial score (nSPS) is 10.5. The fourth-order valence-corrected chi connectivity index (χ4v) is 13.5. The third-order valence-electron chi connectivity index (χ3n) is 18.6. The molecule has 18 rings (SSSR count). The van der Waals surface area contributed by atoms with E-state index in [4.69, 9.17) is 35.2 Å². The fourth-order valence-electron chi connectivity index (χ4n) is 13.0. The Morgan fingerprint density at radius 1 is 0.369 bits per heavy atom. The Labute approximate surface area is 768 Å². The molecule has 0 aliphatic rings. The number of hydrogen-bond acceptors (Lipinski definition) is 14. The van der Waals surface area contributed by atoms with E-state index in [2.05, 4.69) is 83.3 Å². The Bertz CT molecular complexity index is 6350. The van der Waals surface area contributed by atoms with E-state index in [1.54, 1.807) is 78.0 Å². The Kier molecular flexibility index (Phi) is 30.8. The van der Waals surface area contributed by atoms with Gasteiger partial charge in [0.1, 0.15) is 23.3 Å². The SMILES string of the molecule is Cn1c(-c2[c-]c3c(C(=O)O)cccc3n2C)[c-]c2c(C(=O)O)cccc21.Fc1c[c-]c(-c2cccc(N(c3ccccc3)c3cccc(-c4[c-]cc(F)cc4F)n3)n2)c(F)c1.[Pt+2].[Pt+2].[Pt+2].[Pt+2].[S-]c1ccccc1-c1ccnc(-c2nccc(-c3ccccc3[S-])n2)n1.[c-]1ccccc1-c1cccc(N(c2ccccc2)c2cccc(-c3[c-]cccc3)n2)n1. The molecule has 26 heteroatoms. The summed E-state index contributed by atoms with van der Waals surface area (Å²) in [6, 6.07) is 108. The second-order valence-electron chi connectivity index (χ2n) is 26.1. The van der Waals surface area contributed by atoms with Crippen molar-refractivity contribution in [2.45, 2.75) is 9.79 Å². The molecule has 0 atom stereocenters. The number of aromatic carboxylic acids is 2. The van der Waals surface area contributed by atoms with E-state index in [-0.39, 0.29) is 118 Å². The third kappa shape index (κ3) is 20.6. The van der Waals surface area contributed by atoms with Crippen LogP contribution in [0.15, 0.2) is 326 Å². The van der Waals surface area contributed by atoms with Crippen molar-refractivity contribution >= 4 is 93.6 Å². The zero-order valence-electron chi connectivity index (χ0n) is 63.7. The molecular formula is C96H60F4N12O4Pt4S2. The number of para-hydroxylation sites is 2. The van der Waals surface area contributed by atoms with Gasteiger partial charge in [-0.1, -0.05) is 193 Å². The van der Waals surface area contributed by atoms with Gasteiger partial charge in [0.2, 0.25) is 0 Å². The van der Waals surface area contributed by atoms with E-state index in [0.29, 0.717) is 51.1 Å². The topological polar surface area (TPSA) is 194 Å². The minimum absolute atomic E-state index is 0. The predicted octanol–water partition coefficient (Wildman–Crippen LogP) is 21.7. The second kappa shape index (κ2) is 41.6. The number of anilines is 6. The Hall–Kier alpha value is -12.5. The van der Waals surface area contributed by atoms with Gasteiger partial charge in [0.05, 0.1) is 11.4 Å². The van der Waals surface area contributed by atoms with Crippen LogP contribution in [0.1, 0.15) is 20.7 Å². The van der Waals surface area contributed by atoms with Crippen LogP contribution >= 0.6 is 0 Å². The summed E-state index contributed by atoms with van der Waals surface area (Å²) in [6.45, 7) is 0. The van der Waals surface area contributed by atoms with Crippen LogP contribution in [0.4, 0.5) is 52.2 Å². The molecule has 0 aliphatic carbocycles. The van der Waals surface area contributed by atoms with Crippen molar-refractivity contribution in [2.75, 3.05) is 9.80 Å². The predicted molar refractivity (Wildman–Crippen MR) is 452 cm³/mol. The van der Waals surface area contributed by atoms with Gasteiger partial charge < -0.3 is 44.6 Å². The molecule has 2 N–H and O–H groups in total. The molecule has 16 nitrogen and oxygen atoms in total. The summed E-state index contributed by atoms with van der Waals surface area (Å²) in [5.74, 6) is -1.82. The summed E-state index contributed by atoms with van der Waals surface area (Å²) in [5, 5.41) is 19.8. The van der Waals surface area contributed by atoms with Gasteiger partial charge in [0.15, 0.2) is 11.6 Å². The number of carboxylic acids is 2. The molecule has 0 bridgehead atoms. The molecule has 0 saturated heterocycles. The summed E-state index contributed by atoms with van der Waals surface area (Å²) in [4.78, 5) is 65.1. The number of hydrogen-bond donors (Lipinski definition) is 2. The quantitative estimate of drug-likeness (QED) is 0.0526. The summed E-state index contributed by atoms with van der Waals surface area (Å²) >= 11 is 10.8. The van der Waals surface area contributed by atoms with E-state index < -0.39 is 35.2 Å². The number of aromatic nitrogens is 10. The molecule has 0 unspecified atom stereocenters. The number of benzene rings is 10. The smallest absolute Gasteiger partial charge is 0.779 e. The van der Waals surface area contributed by atoms with Crippen molar-refractivity contribution in [1.82, 2.24) is 49.0 Å². The summed E-state index contributed by atoms with van der Waals surface area (Å²) in [6.07, 6.45) is 3.38. The molecule has 0 amide bonds. The maximum absolute atomic E-state index is 14.4. The standard InChI is InChI=1S/C28H15F4N3.C28H19N3.C20H14N4S2.C20H14N2O4.4Pt/c29-18-12-14-21(23(31)16-18)25-8-4-10-27(33-25)35(20-6-2-1-3-7-20)28-11-5-9-26(34-28)22-15-13-19(30)17-24(22)32;1-4-12-22(13-5-1)25-18-10-20-27(29-25)31(24-16-8-3-9-17-24)28-21-11-19-26(30-28)23-14-6-2-7-15-23;25-17-7-3-1-5-13(17)15-9-11-21-19(23-15)20-22-12-10-16(24-20)14-6-2-4-8-18(14)26;1-21-15-7-3-5-11(19(23)24)13(15)9-17(21)18-10-14-12(20(25)26)6-4-8-16(14)22(18)2;;;;/h1-13,16-17H;1-12,14,16-21H;1-12,25-26H;3-8H,1-2H3,(H,23,24)(H,25,26);;;;/q2*-2;;-2;4*+2/p-2. The van der Waals surface area contributed by atoms with Crippen molar-refractivity contribution in [3.8, 4) is 90.6 Å². The van der Waals surface area contributed by atoms with Gasteiger partial charge in [-0.3, -0.25) is 56.9 Å². The molecule has 18 aromatic rings. The Morgan fingerprint density at radius 3 is 1.07 bits per heavy atom. The second-order valence-corrected chi connectivity index (χ2v) is 27.0. The van der Waals surface area contributed by atoms with Gasteiger partial charge in [-0.15, -0.1) is 118 Å². The minimum Gasteiger partial charge on any atom is -0.779 e. The first-order valence-corrected chi connectivity index (χ1v) is 37.3. The van der Waals surface area contributed by atoms with Gasteiger partial charge in [-0.25, -0.2) is 19.9 Å². The van der Waals surface area contributed by atoms with Crippen molar-refractivity contribution in [3.63, 3.8) is 0 Å². The van der Waals surface area contributed by atoms with Crippen molar-refractivity contribution in [1.29, 1.82) is 0 Å². The molecule has 122 heavy (non-hydrogen) atoms. The number of aryl methyl sites for hydroxylation is 2. The Morgan fingerprint density at radius 2 is 0.713 bits per heavy atom. The summed E-state index contributed by atoms with van der Waals surface area (Å²) in [5.41, 5.74) is 12.2. The molecule has 0 radical (unpaired) electrons. The first kappa shape index (κ1) is 90.3. The fraction of sp³-hybridized carbons (Fsp3) is 0.0208. The largest absolute Gasteiger partial charge is 2.00 e. The molecule has 8 heterocycles. The molecule has 0 saturated carbocycles. The van der Waals surface area contributed by atoms with Crippen LogP contribution < -0.4 is 9.80 Å². The van der Waals surface area contributed by atoms with Gasteiger partial charge in [-0.05, 0) is 131 Å². The van der Waals surface area contributed by atoms with Crippen LogP contribution in [-0.4, -0.2) is 71.2 Å². The molecule has 8 aromatic heterocycles. The monoisotopic (exact) mass is 2360 g/mol. The van der Waals surface area contributed by atoms with E-state index >= 15 is 0 Å². The van der Waals surface area contributed by atoms with Crippen LogP contribution in [0, 0.1) is 59.7 Å². The van der Waals surface area contributed by atoms with Gasteiger partial charge in [-0.2, -0.15) is 21.9 Å². The molecular weight excluding hydrogens is 2310 g/mol. The van der Waals surface area contributed by atoms with Crippen molar-refractivity contribution in [3.05, 3.63) is 387 Å².